The minimum absolute atomic E-state index is 0.187. The highest BCUT2D eigenvalue weighted by Gasteiger charge is 2.30. The van der Waals surface area contributed by atoms with Gasteiger partial charge in [0.05, 0.1) is 17.4 Å². The van der Waals surface area contributed by atoms with Crippen molar-refractivity contribution < 1.29 is 22.7 Å². The Kier molecular flexibility index (Phi) is 9.84. The van der Waals surface area contributed by atoms with Gasteiger partial charge in [0, 0.05) is 39.8 Å². The normalized spacial score (nSPS) is 17.9. The molecule has 2 aromatic heterocycles. The van der Waals surface area contributed by atoms with E-state index >= 15 is 0 Å². The van der Waals surface area contributed by atoms with E-state index in [0.717, 1.165) is 31.2 Å². The molecule has 226 valence electrons. The van der Waals surface area contributed by atoms with Gasteiger partial charge in [0.2, 0.25) is 15.9 Å². The summed E-state index contributed by atoms with van der Waals surface area (Å²) in [5.41, 5.74) is 1.64. The molecule has 2 N–H and O–H groups in total. The first kappa shape index (κ1) is 30.5. The second-order valence-electron chi connectivity index (χ2n) is 11.0. The van der Waals surface area contributed by atoms with E-state index in [1.807, 2.05) is 7.05 Å². The van der Waals surface area contributed by atoms with Gasteiger partial charge in [-0.05, 0) is 49.2 Å². The third-order valence-electron chi connectivity index (χ3n) is 8.05. The number of carbonyl (C=O) groups excluding carboxylic acids is 2. The summed E-state index contributed by atoms with van der Waals surface area (Å²) in [6.45, 7) is 3.11. The number of nitrogens with one attached hydrogen (secondary N) is 2. The Morgan fingerprint density at radius 3 is 2.45 bits per heavy atom. The van der Waals surface area contributed by atoms with Gasteiger partial charge in [0.25, 0.3) is 5.91 Å². The lowest BCUT2D eigenvalue weighted by Gasteiger charge is -2.31. The number of piperazine rings is 1. The predicted molar refractivity (Wildman–Crippen MR) is 162 cm³/mol. The smallest absolute Gasteiger partial charge is 0.270 e. The Bertz CT molecular complexity index is 1500. The number of hydrogen-bond acceptors (Lipinski definition) is 9. The standard InChI is InChI=1S/C29H38N6O5S2/c1-34-14-16-35(17-15-34)42(38,39)22-9-7-21(8-10-22)23(19-20-5-3-4-6-20)26(36)33-29-32-25-12-11-24(31-28(25)41-29)27(37)30-13-18-40-2/h7-12,20,23H,3-6,13-19H2,1-2H3,(H,30,37)(H,32,33,36). The Hall–Kier alpha value is -2.97. The molecular formula is C29H38N6O5S2. The van der Waals surface area contributed by atoms with E-state index in [4.69, 9.17) is 4.74 Å². The van der Waals surface area contributed by atoms with Crippen molar-refractivity contribution in [3.8, 4) is 0 Å². The monoisotopic (exact) mass is 614 g/mol. The number of hydrogen-bond donors (Lipinski definition) is 2. The summed E-state index contributed by atoms with van der Waals surface area (Å²) in [6.07, 6.45) is 5.17. The molecule has 0 radical (unpaired) electrons. The fourth-order valence-electron chi connectivity index (χ4n) is 5.57. The van der Waals surface area contributed by atoms with Crippen LogP contribution in [0.3, 0.4) is 0 Å². The first-order valence-corrected chi connectivity index (χ1v) is 16.6. The van der Waals surface area contributed by atoms with Crippen LogP contribution >= 0.6 is 11.3 Å². The van der Waals surface area contributed by atoms with Crippen LogP contribution in [-0.2, 0) is 19.6 Å². The largest absolute Gasteiger partial charge is 0.383 e. The number of carbonyl (C=O) groups is 2. The quantitative estimate of drug-likeness (QED) is 0.315. The van der Waals surface area contributed by atoms with Crippen molar-refractivity contribution >= 4 is 48.7 Å². The molecular weight excluding hydrogens is 576 g/mol. The van der Waals surface area contributed by atoms with Crippen LogP contribution in [0.25, 0.3) is 10.3 Å². The van der Waals surface area contributed by atoms with E-state index < -0.39 is 15.9 Å². The van der Waals surface area contributed by atoms with Gasteiger partial charge in [0.1, 0.15) is 16.0 Å². The van der Waals surface area contributed by atoms with Crippen LogP contribution in [-0.4, -0.2) is 92.9 Å². The number of likely N-dealkylation sites (N-methyl/N-ethyl adjacent to an activating group) is 1. The molecule has 1 atom stereocenters. The third kappa shape index (κ3) is 7.14. The molecule has 1 aliphatic carbocycles. The van der Waals surface area contributed by atoms with E-state index in [2.05, 4.69) is 25.5 Å². The zero-order chi connectivity index (χ0) is 29.7. The van der Waals surface area contributed by atoms with Crippen molar-refractivity contribution in [3.63, 3.8) is 0 Å². The third-order valence-corrected chi connectivity index (χ3v) is 10.8. The van der Waals surface area contributed by atoms with E-state index in [-0.39, 0.29) is 22.4 Å². The molecule has 42 heavy (non-hydrogen) atoms. The highest BCUT2D eigenvalue weighted by molar-refractivity contribution is 7.89. The number of sulfonamides is 1. The molecule has 1 saturated carbocycles. The molecule has 3 aromatic rings. The molecule has 0 spiro atoms. The summed E-state index contributed by atoms with van der Waals surface area (Å²) >= 11 is 1.22. The molecule has 2 aliphatic rings. The molecule has 1 unspecified atom stereocenters. The number of nitrogens with zero attached hydrogens (tertiary/aromatic N) is 4. The van der Waals surface area contributed by atoms with Crippen LogP contribution in [0.1, 0.15) is 54.1 Å². The predicted octanol–water partition coefficient (Wildman–Crippen LogP) is 3.31. The Labute approximate surface area is 250 Å². The highest BCUT2D eigenvalue weighted by Crippen LogP contribution is 2.36. The van der Waals surface area contributed by atoms with Gasteiger partial charge in [-0.2, -0.15) is 4.31 Å². The first-order valence-electron chi connectivity index (χ1n) is 14.4. The van der Waals surface area contributed by atoms with E-state index in [1.165, 1.54) is 15.6 Å². The summed E-state index contributed by atoms with van der Waals surface area (Å²) in [4.78, 5) is 37.9. The van der Waals surface area contributed by atoms with Crippen LogP contribution in [0.5, 0.6) is 0 Å². The van der Waals surface area contributed by atoms with Crippen LogP contribution in [0, 0.1) is 5.92 Å². The lowest BCUT2D eigenvalue weighted by molar-refractivity contribution is -0.118. The van der Waals surface area contributed by atoms with Crippen LogP contribution in [0.4, 0.5) is 5.13 Å². The topological polar surface area (TPSA) is 134 Å². The fraction of sp³-hybridized carbons (Fsp3) is 0.517. The summed E-state index contributed by atoms with van der Waals surface area (Å²) in [5.74, 6) is -0.503. The summed E-state index contributed by atoms with van der Waals surface area (Å²) in [5, 5.41) is 6.13. The summed E-state index contributed by atoms with van der Waals surface area (Å²) < 4.78 is 33.0. The first-order chi connectivity index (χ1) is 20.2. The van der Waals surface area contributed by atoms with Gasteiger partial charge < -0.3 is 20.3 Å². The van der Waals surface area contributed by atoms with Gasteiger partial charge in [-0.1, -0.05) is 49.2 Å². The summed E-state index contributed by atoms with van der Waals surface area (Å²) in [6, 6.07) is 10.1. The molecule has 1 saturated heterocycles. The molecule has 2 fully saturated rings. The average molecular weight is 615 g/mol. The molecule has 5 rings (SSSR count). The fourth-order valence-corrected chi connectivity index (χ4v) is 7.83. The van der Waals surface area contributed by atoms with Crippen LogP contribution in [0.15, 0.2) is 41.3 Å². The van der Waals surface area contributed by atoms with Gasteiger partial charge in [-0.15, -0.1) is 0 Å². The Morgan fingerprint density at radius 1 is 1.05 bits per heavy atom. The SMILES string of the molecule is COCCNC(=O)c1ccc2nc(NC(=O)C(CC3CCCC3)c3ccc(S(=O)(=O)N4CCN(C)CC4)cc3)sc2n1. The van der Waals surface area contributed by atoms with Crippen molar-refractivity contribution in [1.29, 1.82) is 0 Å². The number of rotatable bonds is 11. The zero-order valence-corrected chi connectivity index (χ0v) is 25.7. The van der Waals surface area contributed by atoms with Crippen molar-refractivity contribution in [2.45, 2.75) is 42.9 Å². The van der Waals surface area contributed by atoms with Gasteiger partial charge in [-0.3, -0.25) is 9.59 Å². The Morgan fingerprint density at radius 2 is 1.76 bits per heavy atom. The molecule has 11 nitrogen and oxygen atoms in total. The number of benzene rings is 1. The van der Waals surface area contributed by atoms with Crippen molar-refractivity contribution in [3.05, 3.63) is 47.7 Å². The van der Waals surface area contributed by atoms with Crippen molar-refractivity contribution in [2.75, 3.05) is 58.8 Å². The molecule has 13 heteroatoms. The molecule has 1 aromatic carbocycles. The van der Waals surface area contributed by atoms with Crippen LogP contribution in [0.2, 0.25) is 0 Å². The molecule has 1 aliphatic heterocycles. The minimum atomic E-state index is -3.59. The number of fused-ring (bicyclic) bond motifs is 1. The number of aromatic nitrogens is 2. The lowest BCUT2D eigenvalue weighted by Crippen LogP contribution is -2.47. The van der Waals surface area contributed by atoms with Gasteiger partial charge in [-0.25, -0.2) is 18.4 Å². The molecule has 2 amide bonds. The lowest BCUT2D eigenvalue weighted by atomic mass is 9.87. The van der Waals surface area contributed by atoms with Crippen LogP contribution < -0.4 is 10.6 Å². The number of anilines is 1. The molecule has 0 bridgehead atoms. The Balaban J connectivity index is 1.32. The average Bonchev–Trinajstić information content (AvgIpc) is 3.65. The highest BCUT2D eigenvalue weighted by atomic mass is 32.2. The number of amides is 2. The van der Waals surface area contributed by atoms with E-state index in [1.54, 1.807) is 43.5 Å². The summed E-state index contributed by atoms with van der Waals surface area (Å²) in [7, 11) is -0.0412. The van der Waals surface area contributed by atoms with Crippen molar-refractivity contribution in [1.82, 2.24) is 24.5 Å². The number of ether oxygens (including phenoxy) is 1. The zero-order valence-electron chi connectivity index (χ0n) is 24.0. The maximum absolute atomic E-state index is 13.7. The van der Waals surface area contributed by atoms with E-state index in [0.29, 0.717) is 67.1 Å². The van der Waals surface area contributed by atoms with Crippen molar-refractivity contribution in [2.24, 2.45) is 5.92 Å². The maximum Gasteiger partial charge on any atom is 0.270 e. The molecule has 3 heterocycles. The van der Waals surface area contributed by atoms with Gasteiger partial charge in [0.15, 0.2) is 5.13 Å². The van der Waals surface area contributed by atoms with E-state index in [9.17, 15) is 18.0 Å². The maximum atomic E-state index is 13.7. The number of methoxy groups -OCH3 is 1. The second kappa shape index (κ2) is 13.6. The van der Waals surface area contributed by atoms with Gasteiger partial charge >= 0.3 is 0 Å². The number of thiazole rings is 1. The minimum Gasteiger partial charge on any atom is -0.383 e. The second-order valence-corrected chi connectivity index (χ2v) is 13.9. The number of pyridine rings is 1.